The van der Waals surface area contributed by atoms with E-state index in [1.54, 1.807) is 6.92 Å². The SMILES string of the molecule is CCOC(=O)CNC(=O)C1C(=O)OC2(CCCCC2Cc2ccccc2)OC1=O. The van der Waals surface area contributed by atoms with E-state index in [9.17, 15) is 19.2 Å². The molecule has 1 unspecified atom stereocenters. The fourth-order valence-electron chi connectivity index (χ4n) is 3.87. The van der Waals surface area contributed by atoms with E-state index < -0.39 is 42.1 Å². The Hall–Kier alpha value is -2.90. The van der Waals surface area contributed by atoms with Crippen molar-refractivity contribution in [3.63, 3.8) is 0 Å². The molecule has 8 nitrogen and oxygen atoms in total. The number of carbonyl (C=O) groups excluding carboxylic acids is 4. The number of benzene rings is 1. The Morgan fingerprint density at radius 3 is 2.48 bits per heavy atom. The minimum Gasteiger partial charge on any atom is -0.465 e. The predicted octanol–water partition coefficient (Wildman–Crippen LogP) is 1.51. The Balaban J connectivity index is 1.69. The summed E-state index contributed by atoms with van der Waals surface area (Å²) in [6.07, 6.45) is 3.44. The van der Waals surface area contributed by atoms with Crippen molar-refractivity contribution >= 4 is 23.8 Å². The van der Waals surface area contributed by atoms with Crippen LogP contribution in [0.4, 0.5) is 0 Å². The van der Waals surface area contributed by atoms with Crippen LogP contribution in [-0.4, -0.2) is 42.8 Å². The maximum Gasteiger partial charge on any atom is 0.333 e. The van der Waals surface area contributed by atoms with Crippen LogP contribution in [0, 0.1) is 11.8 Å². The highest BCUT2D eigenvalue weighted by Gasteiger charge is 2.56. The quantitative estimate of drug-likeness (QED) is 0.567. The molecular weight excluding hydrogens is 378 g/mol. The van der Waals surface area contributed by atoms with Crippen LogP contribution in [0.2, 0.25) is 0 Å². The summed E-state index contributed by atoms with van der Waals surface area (Å²) in [4.78, 5) is 48.8. The average Bonchev–Trinajstić information content (AvgIpc) is 2.69. The molecule has 29 heavy (non-hydrogen) atoms. The van der Waals surface area contributed by atoms with Gasteiger partial charge in [0.25, 0.3) is 5.79 Å². The van der Waals surface area contributed by atoms with Gasteiger partial charge in [-0.25, -0.2) is 0 Å². The molecule has 1 aliphatic heterocycles. The molecule has 2 fully saturated rings. The summed E-state index contributed by atoms with van der Waals surface area (Å²) in [6.45, 7) is 1.35. The van der Waals surface area contributed by atoms with Gasteiger partial charge >= 0.3 is 17.9 Å². The molecule has 1 aromatic rings. The van der Waals surface area contributed by atoms with Crippen LogP contribution < -0.4 is 5.32 Å². The molecule has 1 atom stereocenters. The zero-order chi connectivity index (χ0) is 20.9. The molecule has 1 spiro atoms. The van der Waals surface area contributed by atoms with Crippen LogP contribution in [-0.2, 0) is 39.8 Å². The van der Waals surface area contributed by atoms with Gasteiger partial charge in [-0.3, -0.25) is 19.2 Å². The van der Waals surface area contributed by atoms with Crippen molar-refractivity contribution in [2.24, 2.45) is 11.8 Å². The van der Waals surface area contributed by atoms with Crippen LogP contribution in [0.1, 0.15) is 38.2 Å². The first kappa shape index (κ1) is 20.8. The van der Waals surface area contributed by atoms with E-state index in [0.717, 1.165) is 24.8 Å². The Bertz CT molecular complexity index is 758. The van der Waals surface area contributed by atoms with E-state index >= 15 is 0 Å². The van der Waals surface area contributed by atoms with E-state index in [4.69, 9.17) is 14.2 Å². The predicted molar refractivity (Wildman–Crippen MR) is 100 cm³/mol. The molecule has 2 aliphatic rings. The van der Waals surface area contributed by atoms with Gasteiger partial charge in [-0.2, -0.15) is 0 Å². The van der Waals surface area contributed by atoms with Crippen molar-refractivity contribution in [2.75, 3.05) is 13.2 Å². The lowest BCUT2D eigenvalue weighted by Crippen LogP contribution is -2.58. The monoisotopic (exact) mass is 403 g/mol. The van der Waals surface area contributed by atoms with Crippen LogP contribution in [0.5, 0.6) is 0 Å². The zero-order valence-corrected chi connectivity index (χ0v) is 16.3. The standard InChI is InChI=1S/C21H25NO7/c1-2-27-16(23)13-22-18(24)17-19(25)28-21(29-20(17)26)11-7-6-10-15(21)12-14-8-4-3-5-9-14/h3-5,8-9,15,17H,2,6-7,10-13H2,1H3,(H,22,24). The van der Waals surface area contributed by atoms with Gasteiger partial charge in [0.1, 0.15) is 6.54 Å². The maximum atomic E-state index is 12.6. The number of hydrogen-bond donors (Lipinski definition) is 1. The molecule has 8 heteroatoms. The second kappa shape index (κ2) is 9.07. The van der Waals surface area contributed by atoms with Gasteiger partial charge in [0.05, 0.1) is 6.61 Å². The van der Waals surface area contributed by atoms with E-state index in [0.29, 0.717) is 12.8 Å². The third-order valence-electron chi connectivity index (χ3n) is 5.27. The second-order valence-electron chi connectivity index (χ2n) is 7.24. The molecule has 0 radical (unpaired) electrons. The van der Waals surface area contributed by atoms with Crippen LogP contribution >= 0.6 is 0 Å². The third kappa shape index (κ3) is 4.75. The fourth-order valence-corrected chi connectivity index (χ4v) is 3.87. The Labute approximate surface area is 168 Å². The van der Waals surface area contributed by atoms with Crippen LogP contribution in [0.25, 0.3) is 0 Å². The largest absolute Gasteiger partial charge is 0.465 e. The summed E-state index contributed by atoms with van der Waals surface area (Å²) >= 11 is 0. The normalized spacial score (nSPS) is 26.4. The lowest BCUT2D eigenvalue weighted by molar-refractivity contribution is -0.276. The Morgan fingerprint density at radius 1 is 1.14 bits per heavy atom. The summed E-state index contributed by atoms with van der Waals surface area (Å²) in [5.41, 5.74) is 1.06. The Morgan fingerprint density at radius 2 is 1.83 bits per heavy atom. The topological polar surface area (TPSA) is 108 Å². The van der Waals surface area contributed by atoms with Crippen LogP contribution in [0.3, 0.4) is 0 Å². The lowest BCUT2D eigenvalue weighted by atomic mass is 9.78. The highest BCUT2D eigenvalue weighted by atomic mass is 16.7. The summed E-state index contributed by atoms with van der Waals surface area (Å²) < 4.78 is 15.9. The number of ether oxygens (including phenoxy) is 3. The van der Waals surface area contributed by atoms with E-state index in [-0.39, 0.29) is 12.5 Å². The number of amides is 1. The first-order chi connectivity index (χ1) is 13.9. The molecule has 0 bridgehead atoms. The molecule has 3 rings (SSSR count). The third-order valence-corrected chi connectivity index (χ3v) is 5.27. The van der Waals surface area contributed by atoms with Crippen molar-refractivity contribution in [1.82, 2.24) is 5.32 Å². The number of rotatable bonds is 6. The minimum absolute atomic E-state index is 0.160. The highest BCUT2D eigenvalue weighted by Crippen LogP contribution is 2.43. The van der Waals surface area contributed by atoms with E-state index in [1.807, 2.05) is 30.3 Å². The smallest absolute Gasteiger partial charge is 0.333 e. The molecule has 1 saturated carbocycles. The molecule has 1 saturated heterocycles. The molecule has 1 aliphatic carbocycles. The second-order valence-corrected chi connectivity index (χ2v) is 7.24. The molecular formula is C21H25NO7. The summed E-state index contributed by atoms with van der Waals surface area (Å²) in [7, 11) is 0. The van der Waals surface area contributed by atoms with Gasteiger partial charge in [-0.15, -0.1) is 0 Å². The molecule has 1 amide bonds. The van der Waals surface area contributed by atoms with Gasteiger partial charge in [0.2, 0.25) is 11.8 Å². The van der Waals surface area contributed by atoms with Crippen molar-refractivity contribution < 1.29 is 33.4 Å². The van der Waals surface area contributed by atoms with Gasteiger partial charge in [0, 0.05) is 12.3 Å². The van der Waals surface area contributed by atoms with Crippen molar-refractivity contribution in [3.8, 4) is 0 Å². The van der Waals surface area contributed by atoms with E-state index in [2.05, 4.69) is 5.32 Å². The number of nitrogens with one attached hydrogen (secondary N) is 1. The average molecular weight is 403 g/mol. The first-order valence-corrected chi connectivity index (χ1v) is 9.88. The molecule has 1 aromatic carbocycles. The molecule has 1 heterocycles. The lowest BCUT2D eigenvalue weighted by Gasteiger charge is -2.45. The summed E-state index contributed by atoms with van der Waals surface area (Å²) in [5, 5.41) is 2.23. The number of carbonyl (C=O) groups is 4. The summed E-state index contributed by atoms with van der Waals surface area (Å²) in [6, 6.07) is 9.71. The molecule has 156 valence electrons. The van der Waals surface area contributed by atoms with Crippen molar-refractivity contribution in [1.29, 1.82) is 0 Å². The highest BCUT2D eigenvalue weighted by molar-refractivity contribution is 6.15. The minimum atomic E-state index is -1.74. The number of hydrogen-bond acceptors (Lipinski definition) is 7. The number of esters is 3. The maximum absolute atomic E-state index is 12.6. The molecule has 0 aromatic heterocycles. The van der Waals surface area contributed by atoms with Crippen LogP contribution in [0.15, 0.2) is 30.3 Å². The van der Waals surface area contributed by atoms with Gasteiger partial charge in [0.15, 0.2) is 0 Å². The van der Waals surface area contributed by atoms with Crippen molar-refractivity contribution in [3.05, 3.63) is 35.9 Å². The van der Waals surface area contributed by atoms with E-state index in [1.165, 1.54) is 0 Å². The molecule has 1 N–H and O–H groups in total. The van der Waals surface area contributed by atoms with Gasteiger partial charge in [-0.05, 0) is 31.7 Å². The zero-order valence-electron chi connectivity index (χ0n) is 16.3. The fraction of sp³-hybridized carbons (Fsp3) is 0.524. The van der Waals surface area contributed by atoms with Crippen molar-refractivity contribution in [2.45, 2.75) is 44.8 Å². The van der Waals surface area contributed by atoms with Gasteiger partial charge in [-0.1, -0.05) is 36.8 Å². The van der Waals surface area contributed by atoms with Gasteiger partial charge < -0.3 is 19.5 Å². The first-order valence-electron chi connectivity index (χ1n) is 9.88. The Kier molecular flexibility index (Phi) is 6.51. The summed E-state index contributed by atoms with van der Waals surface area (Å²) in [5.74, 6) is -6.75.